The van der Waals surface area contributed by atoms with Gasteiger partial charge in [-0.2, -0.15) is 0 Å². The maximum atomic E-state index is 13.8. The molecule has 0 unspecified atom stereocenters. The van der Waals surface area contributed by atoms with Gasteiger partial charge in [-0.05, 0) is 62.7 Å². The highest BCUT2D eigenvalue weighted by Crippen LogP contribution is 2.39. The van der Waals surface area contributed by atoms with E-state index in [0.29, 0.717) is 18.5 Å². The standard InChI is InChI=1S/C17H22F2N2O/c18-14-4-1-3-13(15(14)19)16(22)21-11-2-5-17(8-12-21)6-9-20-10-7-17/h1,3-4,20H,2,5-12H2. The SMILES string of the molecule is O=C(c1cccc(F)c1F)N1CCCC2(CCNCC2)CC1. The van der Waals surface area contributed by atoms with Crippen LogP contribution in [0.5, 0.6) is 0 Å². The Labute approximate surface area is 129 Å². The minimum Gasteiger partial charge on any atom is -0.339 e. The Morgan fingerprint density at radius 3 is 2.64 bits per heavy atom. The molecule has 0 saturated carbocycles. The van der Waals surface area contributed by atoms with E-state index in [1.54, 1.807) is 4.90 Å². The van der Waals surface area contributed by atoms with Gasteiger partial charge in [0.1, 0.15) is 0 Å². The Morgan fingerprint density at radius 2 is 1.86 bits per heavy atom. The van der Waals surface area contributed by atoms with E-state index in [4.69, 9.17) is 0 Å². The third kappa shape index (κ3) is 3.00. The highest BCUT2D eigenvalue weighted by atomic mass is 19.2. The number of amides is 1. The molecule has 2 heterocycles. The van der Waals surface area contributed by atoms with Gasteiger partial charge in [-0.25, -0.2) is 8.78 Å². The normalized spacial score (nSPS) is 21.6. The summed E-state index contributed by atoms with van der Waals surface area (Å²) in [5.74, 6) is -2.38. The Hall–Kier alpha value is -1.49. The van der Waals surface area contributed by atoms with Crippen LogP contribution in [-0.2, 0) is 0 Å². The Bertz CT molecular complexity index is 556. The van der Waals surface area contributed by atoms with Crippen molar-refractivity contribution in [2.24, 2.45) is 5.41 Å². The average molecular weight is 308 g/mol. The van der Waals surface area contributed by atoms with E-state index in [1.165, 1.54) is 12.1 Å². The Morgan fingerprint density at radius 1 is 1.09 bits per heavy atom. The number of carbonyl (C=O) groups is 1. The molecule has 0 atom stereocenters. The summed E-state index contributed by atoms with van der Waals surface area (Å²) in [5, 5.41) is 3.38. The number of piperidine rings is 1. The molecule has 0 aromatic heterocycles. The van der Waals surface area contributed by atoms with Crippen LogP contribution in [-0.4, -0.2) is 37.0 Å². The van der Waals surface area contributed by atoms with E-state index in [2.05, 4.69) is 5.32 Å². The van der Waals surface area contributed by atoms with Crippen molar-refractivity contribution < 1.29 is 13.6 Å². The van der Waals surface area contributed by atoms with Crippen molar-refractivity contribution in [3.8, 4) is 0 Å². The first-order valence-electron chi connectivity index (χ1n) is 8.05. The third-order valence-electron chi connectivity index (χ3n) is 5.18. The van der Waals surface area contributed by atoms with E-state index in [1.807, 2.05) is 0 Å². The van der Waals surface area contributed by atoms with Crippen molar-refractivity contribution in [2.75, 3.05) is 26.2 Å². The van der Waals surface area contributed by atoms with Crippen LogP contribution in [0, 0.1) is 17.0 Å². The summed E-state index contributed by atoms with van der Waals surface area (Å²) in [7, 11) is 0. The molecule has 2 saturated heterocycles. The molecule has 1 aromatic rings. The smallest absolute Gasteiger partial charge is 0.256 e. The van der Waals surface area contributed by atoms with E-state index in [0.717, 1.165) is 51.3 Å². The van der Waals surface area contributed by atoms with Crippen molar-refractivity contribution in [3.63, 3.8) is 0 Å². The molecule has 0 aliphatic carbocycles. The van der Waals surface area contributed by atoms with Crippen molar-refractivity contribution >= 4 is 5.91 Å². The molecule has 1 spiro atoms. The minimum absolute atomic E-state index is 0.152. The predicted molar refractivity (Wildman–Crippen MR) is 80.6 cm³/mol. The number of hydrogen-bond acceptors (Lipinski definition) is 2. The highest BCUT2D eigenvalue weighted by molar-refractivity contribution is 5.94. The first-order chi connectivity index (χ1) is 10.6. The summed E-state index contributed by atoms with van der Waals surface area (Å²) >= 11 is 0. The van der Waals surface area contributed by atoms with Crippen LogP contribution >= 0.6 is 0 Å². The number of likely N-dealkylation sites (tertiary alicyclic amines) is 1. The summed E-state index contributed by atoms with van der Waals surface area (Å²) in [6.45, 7) is 3.33. The second-order valence-corrected chi connectivity index (χ2v) is 6.50. The molecule has 3 nitrogen and oxygen atoms in total. The zero-order chi connectivity index (χ0) is 15.6. The van der Waals surface area contributed by atoms with E-state index >= 15 is 0 Å². The molecule has 2 aliphatic rings. The maximum Gasteiger partial charge on any atom is 0.256 e. The van der Waals surface area contributed by atoms with E-state index in [-0.39, 0.29) is 11.5 Å². The maximum absolute atomic E-state index is 13.8. The van der Waals surface area contributed by atoms with Crippen LogP contribution in [0.3, 0.4) is 0 Å². The van der Waals surface area contributed by atoms with Gasteiger partial charge in [-0.1, -0.05) is 6.07 Å². The molecule has 1 N–H and O–H groups in total. The van der Waals surface area contributed by atoms with Gasteiger partial charge in [-0.15, -0.1) is 0 Å². The topological polar surface area (TPSA) is 32.3 Å². The van der Waals surface area contributed by atoms with Crippen LogP contribution in [0.2, 0.25) is 0 Å². The molecule has 1 aromatic carbocycles. The average Bonchev–Trinajstić information content (AvgIpc) is 2.73. The molecule has 3 rings (SSSR count). The van der Waals surface area contributed by atoms with Gasteiger partial charge in [0.05, 0.1) is 5.56 Å². The van der Waals surface area contributed by atoms with Gasteiger partial charge in [0, 0.05) is 13.1 Å². The van der Waals surface area contributed by atoms with Crippen LogP contribution in [0.1, 0.15) is 42.5 Å². The molecule has 5 heteroatoms. The fourth-order valence-corrected chi connectivity index (χ4v) is 3.75. The first-order valence-corrected chi connectivity index (χ1v) is 8.05. The van der Waals surface area contributed by atoms with Gasteiger partial charge >= 0.3 is 0 Å². The van der Waals surface area contributed by atoms with Crippen LogP contribution in [0.25, 0.3) is 0 Å². The minimum atomic E-state index is -1.03. The van der Waals surface area contributed by atoms with Crippen LogP contribution in [0.4, 0.5) is 8.78 Å². The summed E-state index contributed by atoms with van der Waals surface area (Å²) in [6, 6.07) is 3.79. The zero-order valence-electron chi connectivity index (χ0n) is 12.7. The largest absolute Gasteiger partial charge is 0.339 e. The van der Waals surface area contributed by atoms with Gasteiger partial charge in [-0.3, -0.25) is 4.79 Å². The molecule has 2 fully saturated rings. The van der Waals surface area contributed by atoms with Gasteiger partial charge < -0.3 is 10.2 Å². The van der Waals surface area contributed by atoms with E-state index < -0.39 is 11.6 Å². The van der Waals surface area contributed by atoms with Gasteiger partial charge in [0.25, 0.3) is 5.91 Å². The van der Waals surface area contributed by atoms with Gasteiger partial charge in [0.2, 0.25) is 0 Å². The number of benzene rings is 1. The molecular weight excluding hydrogens is 286 g/mol. The number of nitrogens with zero attached hydrogens (tertiary/aromatic N) is 1. The second-order valence-electron chi connectivity index (χ2n) is 6.50. The van der Waals surface area contributed by atoms with Gasteiger partial charge in [0.15, 0.2) is 11.6 Å². The number of carbonyl (C=O) groups excluding carboxylic acids is 1. The van der Waals surface area contributed by atoms with Crippen molar-refractivity contribution in [1.82, 2.24) is 10.2 Å². The Balaban J connectivity index is 1.73. The second kappa shape index (κ2) is 6.32. The number of halogens is 2. The molecule has 0 radical (unpaired) electrons. The fourth-order valence-electron chi connectivity index (χ4n) is 3.75. The fraction of sp³-hybridized carbons (Fsp3) is 0.588. The van der Waals surface area contributed by atoms with Crippen molar-refractivity contribution in [3.05, 3.63) is 35.4 Å². The zero-order valence-corrected chi connectivity index (χ0v) is 12.7. The lowest BCUT2D eigenvalue weighted by atomic mass is 9.73. The number of rotatable bonds is 1. The van der Waals surface area contributed by atoms with Crippen LogP contribution in [0.15, 0.2) is 18.2 Å². The highest BCUT2D eigenvalue weighted by Gasteiger charge is 2.35. The first kappa shape index (κ1) is 15.4. The van der Waals surface area contributed by atoms with Crippen molar-refractivity contribution in [2.45, 2.75) is 32.1 Å². The molecule has 120 valence electrons. The number of hydrogen-bond donors (Lipinski definition) is 1. The van der Waals surface area contributed by atoms with Crippen molar-refractivity contribution in [1.29, 1.82) is 0 Å². The lowest BCUT2D eigenvalue weighted by Gasteiger charge is -2.37. The predicted octanol–water partition coefficient (Wildman–Crippen LogP) is 2.96. The summed E-state index contributed by atoms with van der Waals surface area (Å²) in [6.07, 6.45) is 5.29. The van der Waals surface area contributed by atoms with Crippen LogP contribution < -0.4 is 5.32 Å². The quantitative estimate of drug-likeness (QED) is 0.865. The lowest BCUT2D eigenvalue weighted by molar-refractivity contribution is 0.0745. The Kier molecular flexibility index (Phi) is 4.43. The molecule has 2 aliphatic heterocycles. The molecule has 22 heavy (non-hydrogen) atoms. The summed E-state index contributed by atoms with van der Waals surface area (Å²) < 4.78 is 27.1. The monoisotopic (exact) mass is 308 g/mol. The molecular formula is C17H22F2N2O. The molecule has 0 bridgehead atoms. The number of nitrogens with one attached hydrogen (secondary N) is 1. The lowest BCUT2D eigenvalue weighted by Crippen LogP contribution is -2.38. The summed E-state index contributed by atoms with van der Waals surface area (Å²) in [5.41, 5.74) is 0.169. The molecule has 1 amide bonds. The van der Waals surface area contributed by atoms with E-state index in [9.17, 15) is 13.6 Å². The third-order valence-corrected chi connectivity index (χ3v) is 5.18. The summed E-state index contributed by atoms with van der Waals surface area (Å²) in [4.78, 5) is 14.2.